The maximum Gasteiger partial charge on any atom is 0.311 e. The lowest BCUT2D eigenvalue weighted by Crippen LogP contribution is -2.38. The molecule has 2 fully saturated rings. The van der Waals surface area contributed by atoms with Crippen LogP contribution in [0, 0.1) is 0 Å². The summed E-state index contributed by atoms with van der Waals surface area (Å²) in [5, 5.41) is 0. The third-order valence-electron chi connectivity index (χ3n) is 3.67. The smallest absolute Gasteiger partial charge is 0.311 e. The van der Waals surface area contributed by atoms with Gasteiger partial charge in [0.15, 0.2) is 5.79 Å². The molecule has 19 heavy (non-hydrogen) atoms. The van der Waals surface area contributed by atoms with Gasteiger partial charge in [-0.15, -0.1) is 0 Å². The zero-order valence-electron chi connectivity index (χ0n) is 12.0. The second-order valence-electron chi connectivity index (χ2n) is 5.53. The van der Waals surface area contributed by atoms with Crippen LogP contribution >= 0.6 is 0 Å². The molecule has 0 spiro atoms. The molecule has 110 valence electrons. The molecule has 5 heteroatoms. The Morgan fingerprint density at radius 3 is 2.79 bits per heavy atom. The van der Waals surface area contributed by atoms with Gasteiger partial charge in [-0.05, 0) is 39.8 Å². The van der Waals surface area contributed by atoms with E-state index in [2.05, 4.69) is 4.90 Å². The van der Waals surface area contributed by atoms with Crippen LogP contribution in [0.25, 0.3) is 0 Å². The number of hydrogen-bond acceptors (Lipinski definition) is 5. The van der Waals surface area contributed by atoms with Crippen LogP contribution < -0.4 is 0 Å². The molecule has 0 N–H and O–H groups in total. The fraction of sp³-hybridized carbons (Fsp3) is 0.929. The molecule has 0 radical (unpaired) electrons. The van der Waals surface area contributed by atoms with Gasteiger partial charge in [-0.3, -0.25) is 4.79 Å². The highest BCUT2D eigenvalue weighted by Crippen LogP contribution is 2.28. The van der Waals surface area contributed by atoms with Crippen molar-refractivity contribution in [2.24, 2.45) is 0 Å². The Morgan fingerprint density at radius 1 is 1.37 bits per heavy atom. The van der Waals surface area contributed by atoms with Gasteiger partial charge in [-0.1, -0.05) is 6.42 Å². The molecule has 2 atom stereocenters. The van der Waals surface area contributed by atoms with E-state index in [-0.39, 0.29) is 18.5 Å². The molecule has 0 aromatic rings. The molecule has 2 rings (SSSR count). The van der Waals surface area contributed by atoms with Gasteiger partial charge in [-0.2, -0.15) is 0 Å². The number of ether oxygens (including phenoxy) is 3. The summed E-state index contributed by atoms with van der Waals surface area (Å²) in [6.07, 6.45) is 4.11. The van der Waals surface area contributed by atoms with Crippen LogP contribution in [0.15, 0.2) is 0 Å². The van der Waals surface area contributed by atoms with Gasteiger partial charge >= 0.3 is 5.97 Å². The van der Waals surface area contributed by atoms with Gasteiger partial charge in [0, 0.05) is 6.54 Å². The third-order valence-corrected chi connectivity index (χ3v) is 3.67. The summed E-state index contributed by atoms with van der Waals surface area (Å²) < 4.78 is 16.5. The van der Waals surface area contributed by atoms with Gasteiger partial charge < -0.3 is 19.1 Å². The zero-order chi connectivity index (χ0) is 13.7. The molecule has 2 unspecified atom stereocenters. The lowest BCUT2D eigenvalue weighted by molar-refractivity contribution is -0.180. The molecule has 2 heterocycles. The van der Waals surface area contributed by atoms with Crippen LogP contribution in [0.4, 0.5) is 0 Å². The molecule has 0 bridgehead atoms. The summed E-state index contributed by atoms with van der Waals surface area (Å²) in [6, 6.07) is 0. The first-order chi connectivity index (χ1) is 9.11. The standard InChI is InChI=1S/C14H25NO4/c1-3-17-13(16)9-14(2)18-11-12(19-14)10-15-7-5-4-6-8-15/h12H,3-11H2,1-2H3. The van der Waals surface area contributed by atoms with E-state index in [1.165, 1.54) is 19.3 Å². The molecule has 2 aliphatic rings. The quantitative estimate of drug-likeness (QED) is 0.710. The number of carbonyl (C=O) groups excluding carboxylic acids is 1. The van der Waals surface area contributed by atoms with E-state index in [1.54, 1.807) is 6.92 Å². The Hall–Kier alpha value is -0.650. The molecule has 2 saturated heterocycles. The highest BCUT2D eigenvalue weighted by molar-refractivity contribution is 5.70. The fourth-order valence-corrected chi connectivity index (χ4v) is 2.78. The van der Waals surface area contributed by atoms with E-state index in [0.29, 0.717) is 13.2 Å². The molecule has 0 aromatic heterocycles. The van der Waals surface area contributed by atoms with E-state index >= 15 is 0 Å². The predicted molar refractivity (Wildman–Crippen MR) is 70.8 cm³/mol. The number of piperidine rings is 1. The lowest BCUT2D eigenvalue weighted by Gasteiger charge is -2.29. The van der Waals surface area contributed by atoms with Crippen LogP contribution in [0.3, 0.4) is 0 Å². The zero-order valence-corrected chi connectivity index (χ0v) is 12.0. The topological polar surface area (TPSA) is 48.0 Å². The van der Waals surface area contributed by atoms with Crippen molar-refractivity contribution in [3.63, 3.8) is 0 Å². The van der Waals surface area contributed by atoms with Crippen molar-refractivity contribution in [2.45, 2.75) is 51.4 Å². The van der Waals surface area contributed by atoms with Crippen molar-refractivity contribution in [3.05, 3.63) is 0 Å². The average Bonchev–Trinajstić information content (AvgIpc) is 2.72. The normalized spacial score (nSPS) is 32.4. The van der Waals surface area contributed by atoms with Crippen molar-refractivity contribution in [1.82, 2.24) is 4.90 Å². The summed E-state index contributed by atoms with van der Waals surface area (Å²) in [4.78, 5) is 13.9. The van der Waals surface area contributed by atoms with E-state index in [0.717, 1.165) is 19.6 Å². The third kappa shape index (κ3) is 4.44. The predicted octanol–water partition coefficient (Wildman–Crippen LogP) is 1.56. The Balaban J connectivity index is 1.76. The molecule has 0 amide bonds. The second kappa shape index (κ2) is 6.68. The molecule has 2 aliphatic heterocycles. The van der Waals surface area contributed by atoms with E-state index in [4.69, 9.17) is 14.2 Å². The van der Waals surface area contributed by atoms with Gasteiger partial charge in [-0.25, -0.2) is 0 Å². The second-order valence-corrected chi connectivity index (χ2v) is 5.53. The minimum absolute atomic E-state index is 0.0672. The minimum atomic E-state index is -0.813. The first-order valence-corrected chi connectivity index (χ1v) is 7.31. The highest BCUT2D eigenvalue weighted by atomic mass is 16.7. The van der Waals surface area contributed by atoms with Crippen LogP contribution in [-0.2, 0) is 19.0 Å². The highest BCUT2D eigenvalue weighted by Gasteiger charge is 2.40. The van der Waals surface area contributed by atoms with Crippen molar-refractivity contribution in [3.8, 4) is 0 Å². The van der Waals surface area contributed by atoms with Crippen molar-refractivity contribution in [2.75, 3.05) is 32.8 Å². The summed E-state index contributed by atoms with van der Waals surface area (Å²) in [5.74, 6) is -1.07. The number of carbonyl (C=O) groups is 1. The summed E-state index contributed by atoms with van der Waals surface area (Å²) in [7, 11) is 0. The molecule has 0 aliphatic carbocycles. The first kappa shape index (κ1) is 14.8. The van der Waals surface area contributed by atoms with Crippen LogP contribution in [0.2, 0.25) is 0 Å². The summed E-state index contributed by atoms with van der Waals surface area (Å²) in [6.45, 7) is 7.77. The number of nitrogens with zero attached hydrogens (tertiary/aromatic N) is 1. The maximum atomic E-state index is 11.5. The van der Waals surface area contributed by atoms with Gasteiger partial charge in [0.25, 0.3) is 0 Å². The molecule has 0 saturated carbocycles. The molecule has 0 aromatic carbocycles. The number of likely N-dealkylation sites (tertiary alicyclic amines) is 1. The minimum Gasteiger partial charge on any atom is -0.466 e. The van der Waals surface area contributed by atoms with Crippen molar-refractivity contribution >= 4 is 5.97 Å². The SMILES string of the molecule is CCOC(=O)CC1(C)OCC(CN2CCCCC2)O1. The van der Waals surface area contributed by atoms with Gasteiger partial charge in [0.05, 0.1) is 25.7 Å². The first-order valence-electron chi connectivity index (χ1n) is 7.31. The van der Waals surface area contributed by atoms with E-state index < -0.39 is 5.79 Å². The Kier molecular flexibility index (Phi) is 5.19. The van der Waals surface area contributed by atoms with Crippen LogP contribution in [0.1, 0.15) is 39.5 Å². The molecular formula is C14H25NO4. The van der Waals surface area contributed by atoms with Crippen molar-refractivity contribution in [1.29, 1.82) is 0 Å². The fourth-order valence-electron chi connectivity index (χ4n) is 2.78. The Morgan fingerprint density at radius 2 is 2.11 bits per heavy atom. The van der Waals surface area contributed by atoms with Gasteiger partial charge in [0.1, 0.15) is 0 Å². The number of hydrogen-bond donors (Lipinski definition) is 0. The lowest BCUT2D eigenvalue weighted by atomic mass is 10.1. The molecular weight excluding hydrogens is 246 g/mol. The largest absolute Gasteiger partial charge is 0.466 e. The average molecular weight is 271 g/mol. The molecule has 5 nitrogen and oxygen atoms in total. The summed E-state index contributed by atoms with van der Waals surface area (Å²) in [5.41, 5.74) is 0. The summed E-state index contributed by atoms with van der Waals surface area (Å²) >= 11 is 0. The maximum absolute atomic E-state index is 11.5. The number of esters is 1. The van der Waals surface area contributed by atoms with E-state index in [9.17, 15) is 4.79 Å². The Bertz CT molecular complexity index is 304. The van der Waals surface area contributed by atoms with Crippen LogP contribution in [-0.4, -0.2) is 55.6 Å². The van der Waals surface area contributed by atoms with Crippen LogP contribution in [0.5, 0.6) is 0 Å². The monoisotopic (exact) mass is 271 g/mol. The van der Waals surface area contributed by atoms with Crippen molar-refractivity contribution < 1.29 is 19.0 Å². The Labute approximate surface area is 115 Å². The van der Waals surface area contributed by atoms with E-state index in [1.807, 2.05) is 6.92 Å². The van der Waals surface area contributed by atoms with Gasteiger partial charge in [0.2, 0.25) is 0 Å². The number of rotatable bonds is 5.